The maximum atomic E-state index is 8.49. The molecule has 0 saturated heterocycles. The van der Waals surface area contributed by atoms with E-state index in [0.29, 0.717) is 0 Å². The first kappa shape index (κ1) is 24.2. The fraction of sp³-hybridized carbons (Fsp3) is 0.261. The summed E-state index contributed by atoms with van der Waals surface area (Å²) in [6, 6.07) is 26.2. The second-order valence-corrected chi connectivity index (χ2v) is 8.48. The first-order chi connectivity index (χ1) is 14.3. The molecule has 30 heavy (non-hydrogen) atoms. The molecule has 0 bridgehead atoms. The lowest BCUT2D eigenvalue weighted by molar-refractivity contribution is -2.00. The van der Waals surface area contributed by atoms with Gasteiger partial charge in [0.2, 0.25) is 5.36 Å². The fourth-order valence-electron chi connectivity index (χ4n) is 3.07. The Labute approximate surface area is 183 Å². The Morgan fingerprint density at radius 1 is 0.700 bits per heavy atom. The van der Waals surface area contributed by atoms with Crippen LogP contribution in [0.25, 0.3) is 20.9 Å². The highest BCUT2D eigenvalue weighted by Crippen LogP contribution is 2.30. The van der Waals surface area contributed by atoms with Crippen molar-refractivity contribution in [1.82, 2.24) is 4.58 Å². The van der Waals surface area contributed by atoms with E-state index in [1.54, 1.807) is 0 Å². The molecular weight excluding hydrogens is 422 g/mol. The third-order valence-electron chi connectivity index (χ3n) is 4.25. The SMILES string of the molecule is CCC[N+](CCC)=c1cc(-c2ccccc2)sc(-c2ccccc2)c1.[O-][Cl+3]([O-])([O-])[O-]. The van der Waals surface area contributed by atoms with E-state index in [1.165, 1.54) is 39.1 Å². The summed E-state index contributed by atoms with van der Waals surface area (Å²) in [7, 11) is -4.94. The molecule has 5 nitrogen and oxygen atoms in total. The third-order valence-corrected chi connectivity index (χ3v) is 5.39. The fourth-order valence-corrected chi connectivity index (χ4v) is 4.17. The average molecular weight is 448 g/mol. The van der Waals surface area contributed by atoms with Gasteiger partial charge in [0.05, 0.1) is 0 Å². The molecule has 160 valence electrons. The molecule has 0 aliphatic heterocycles. The molecule has 0 fully saturated rings. The Hall–Kier alpha value is -2.06. The van der Waals surface area contributed by atoms with Crippen LogP contribution in [0.2, 0.25) is 0 Å². The van der Waals surface area contributed by atoms with Crippen molar-refractivity contribution in [3.05, 3.63) is 78.2 Å². The largest absolute Gasteiger partial charge is 0.230 e. The van der Waals surface area contributed by atoms with Crippen LogP contribution in [0.5, 0.6) is 0 Å². The Kier molecular flexibility index (Phi) is 9.65. The molecule has 0 unspecified atom stereocenters. The smallest absolute Gasteiger partial charge is 0.202 e. The predicted molar refractivity (Wildman–Crippen MR) is 111 cm³/mol. The first-order valence-corrected chi connectivity index (χ1v) is 11.8. The first-order valence-electron chi connectivity index (χ1n) is 9.77. The molecule has 0 amide bonds. The number of benzene rings is 2. The van der Waals surface area contributed by atoms with E-state index in [9.17, 15) is 0 Å². The number of nitrogens with zero attached hydrogens (tertiary/aromatic N) is 1. The number of rotatable bonds is 6. The van der Waals surface area contributed by atoms with Gasteiger partial charge in [0.25, 0.3) is 0 Å². The van der Waals surface area contributed by atoms with Crippen molar-refractivity contribution < 1.29 is 28.9 Å². The molecule has 7 heteroatoms. The van der Waals surface area contributed by atoms with Gasteiger partial charge in [0, 0.05) is 34.7 Å². The summed E-state index contributed by atoms with van der Waals surface area (Å²) in [5.41, 5.74) is 2.58. The lowest BCUT2D eigenvalue weighted by Crippen LogP contribution is -2.68. The van der Waals surface area contributed by atoms with Crippen molar-refractivity contribution in [2.24, 2.45) is 0 Å². The van der Waals surface area contributed by atoms with Crippen LogP contribution < -0.4 is 28.6 Å². The van der Waals surface area contributed by atoms with E-state index in [-0.39, 0.29) is 0 Å². The van der Waals surface area contributed by atoms with Crippen molar-refractivity contribution in [1.29, 1.82) is 0 Å². The zero-order valence-corrected chi connectivity index (χ0v) is 18.7. The van der Waals surface area contributed by atoms with E-state index < -0.39 is 10.2 Å². The van der Waals surface area contributed by atoms with Gasteiger partial charge in [-0.3, -0.25) is 0 Å². The van der Waals surface area contributed by atoms with Crippen LogP contribution in [-0.2, 0) is 0 Å². The molecule has 0 radical (unpaired) electrons. The number of hydrogen-bond acceptors (Lipinski definition) is 5. The van der Waals surface area contributed by atoms with Crippen LogP contribution in [0.1, 0.15) is 26.7 Å². The van der Waals surface area contributed by atoms with Gasteiger partial charge in [-0.2, -0.15) is 0 Å². The van der Waals surface area contributed by atoms with Gasteiger partial charge in [-0.25, -0.2) is 23.2 Å². The van der Waals surface area contributed by atoms with Gasteiger partial charge in [-0.15, -0.1) is 21.6 Å². The topological polar surface area (TPSA) is 95.2 Å². The molecule has 3 rings (SSSR count). The molecule has 0 atom stereocenters. The Balaban J connectivity index is 0.000000575. The monoisotopic (exact) mass is 447 g/mol. The number of halogens is 1. The summed E-state index contributed by atoms with van der Waals surface area (Å²) >= 11 is 1.87. The minimum absolute atomic E-state index is 1.10. The predicted octanol–water partition coefficient (Wildman–Crippen LogP) is 0.918. The summed E-state index contributed by atoms with van der Waals surface area (Å²) in [5, 5.41) is 1.33. The molecule has 1 aromatic heterocycles. The standard InChI is InChI=1S/C23H26NS.ClHO4/c1-3-15-24(16-4-2)21-17-22(19-11-7-5-8-12-19)25-23(18-21)20-13-9-6-10-14-20;2-1(3,4)5/h5-14,17-18H,3-4,15-16H2,1-2H3;(H,2,3,4,5)/q+1;/p-1. The maximum Gasteiger partial charge on any atom is 0.202 e. The molecule has 1 heterocycles. The highest BCUT2D eigenvalue weighted by atomic mass is 35.7. The maximum absolute atomic E-state index is 8.49. The zero-order valence-electron chi connectivity index (χ0n) is 17.1. The van der Waals surface area contributed by atoms with Gasteiger partial charge in [0.15, 0.2) is 0 Å². The molecule has 0 saturated carbocycles. The Morgan fingerprint density at radius 3 is 1.40 bits per heavy atom. The molecule has 2 aromatic carbocycles. The van der Waals surface area contributed by atoms with Crippen molar-refractivity contribution in [2.45, 2.75) is 26.7 Å². The Morgan fingerprint density at radius 2 is 1.07 bits per heavy atom. The van der Waals surface area contributed by atoms with Crippen molar-refractivity contribution in [3.63, 3.8) is 0 Å². The van der Waals surface area contributed by atoms with Crippen LogP contribution >= 0.6 is 11.3 Å². The summed E-state index contributed by atoms with van der Waals surface area (Å²) in [6.45, 7) is 6.71. The normalized spacial score (nSPS) is 10.9. The van der Waals surface area contributed by atoms with Crippen LogP contribution in [0.15, 0.2) is 72.8 Å². The van der Waals surface area contributed by atoms with Gasteiger partial charge >= 0.3 is 0 Å². The zero-order chi connectivity index (χ0) is 22.0. The minimum Gasteiger partial charge on any atom is -0.230 e. The lowest BCUT2D eigenvalue weighted by atomic mass is 10.1. The summed E-state index contributed by atoms with van der Waals surface area (Å²) in [4.78, 5) is 2.66. The van der Waals surface area contributed by atoms with E-state index in [4.69, 9.17) is 18.6 Å². The van der Waals surface area contributed by atoms with E-state index >= 15 is 0 Å². The highest BCUT2D eigenvalue weighted by Gasteiger charge is 2.10. The van der Waals surface area contributed by atoms with Crippen LogP contribution in [0.4, 0.5) is 0 Å². The van der Waals surface area contributed by atoms with E-state index in [0.717, 1.165) is 13.1 Å². The quantitative estimate of drug-likeness (QED) is 0.525. The van der Waals surface area contributed by atoms with Crippen LogP contribution in [0.3, 0.4) is 0 Å². The summed E-state index contributed by atoms with van der Waals surface area (Å²) in [6.07, 6.45) is 2.33. The van der Waals surface area contributed by atoms with E-state index in [1.807, 2.05) is 11.3 Å². The second-order valence-electron chi connectivity index (χ2n) is 6.64. The van der Waals surface area contributed by atoms with Crippen molar-refractivity contribution >= 4 is 11.3 Å². The third kappa shape index (κ3) is 8.36. The lowest BCUT2D eigenvalue weighted by Gasteiger charge is -2.17. The summed E-state index contributed by atoms with van der Waals surface area (Å²) in [5.74, 6) is 0. The average Bonchev–Trinajstić information content (AvgIpc) is 2.73. The minimum atomic E-state index is -4.94. The molecule has 0 spiro atoms. The van der Waals surface area contributed by atoms with Gasteiger partial charge in [0.1, 0.15) is 13.1 Å². The van der Waals surface area contributed by atoms with E-state index in [2.05, 4.69) is 91.2 Å². The van der Waals surface area contributed by atoms with Crippen molar-refractivity contribution in [3.8, 4) is 20.9 Å². The van der Waals surface area contributed by atoms with Gasteiger partial charge in [-0.1, -0.05) is 74.5 Å². The second kappa shape index (κ2) is 12.0. The Bertz CT molecular complexity index is 895. The molecule has 0 aliphatic carbocycles. The van der Waals surface area contributed by atoms with Crippen LogP contribution in [0, 0.1) is 10.2 Å². The van der Waals surface area contributed by atoms with Crippen LogP contribution in [-0.4, -0.2) is 13.1 Å². The summed E-state index contributed by atoms with van der Waals surface area (Å²) < 4.78 is 36.5. The molecule has 0 N–H and O–H groups in total. The van der Waals surface area contributed by atoms with Gasteiger partial charge in [-0.05, 0) is 11.1 Å². The molecule has 0 aliphatic rings. The number of hydrogen-bond donors (Lipinski definition) is 0. The van der Waals surface area contributed by atoms with Gasteiger partial charge < -0.3 is 0 Å². The molecule has 3 aromatic rings. The highest BCUT2D eigenvalue weighted by molar-refractivity contribution is 7.18. The molecular formula is C23H26ClNO4S. The van der Waals surface area contributed by atoms with Crippen molar-refractivity contribution in [2.75, 3.05) is 13.1 Å².